The third kappa shape index (κ3) is 4.41. The number of benzene rings is 2. The van der Waals surface area contributed by atoms with E-state index in [0.717, 1.165) is 45.3 Å². The Hall–Kier alpha value is -3.54. The van der Waals surface area contributed by atoms with Gasteiger partial charge >= 0.3 is 0 Å². The zero-order chi connectivity index (χ0) is 26.4. The van der Waals surface area contributed by atoms with Crippen LogP contribution in [0.1, 0.15) is 64.5 Å². The fourth-order valence-corrected chi connectivity index (χ4v) is 5.27. The molecule has 2 aliphatic rings. The van der Waals surface area contributed by atoms with Gasteiger partial charge in [-0.15, -0.1) is 0 Å². The molecule has 6 nitrogen and oxygen atoms in total. The molecule has 2 amide bonds. The first-order valence-electron chi connectivity index (χ1n) is 12.6. The van der Waals surface area contributed by atoms with Crippen LogP contribution in [0.25, 0.3) is 0 Å². The number of rotatable bonds is 7. The summed E-state index contributed by atoms with van der Waals surface area (Å²) in [7, 11) is 4.04. The molecule has 0 atom stereocenters. The van der Waals surface area contributed by atoms with Gasteiger partial charge in [0.2, 0.25) is 11.8 Å². The van der Waals surface area contributed by atoms with E-state index < -0.39 is 0 Å². The Morgan fingerprint density at radius 3 is 1.44 bits per heavy atom. The molecule has 2 heterocycles. The minimum absolute atomic E-state index is 0.0384. The second kappa shape index (κ2) is 9.16. The molecule has 0 saturated heterocycles. The molecule has 0 bridgehead atoms. The van der Waals surface area contributed by atoms with Crippen LogP contribution in [0.3, 0.4) is 0 Å². The molecule has 190 valence electrons. The van der Waals surface area contributed by atoms with Gasteiger partial charge in [-0.1, -0.05) is 40.9 Å². The van der Waals surface area contributed by atoms with Gasteiger partial charge in [0.25, 0.3) is 0 Å². The first-order valence-corrected chi connectivity index (χ1v) is 12.6. The fourth-order valence-electron chi connectivity index (χ4n) is 5.27. The predicted molar refractivity (Wildman–Crippen MR) is 150 cm³/mol. The fraction of sp³-hybridized carbons (Fsp3) is 0.400. The first-order chi connectivity index (χ1) is 16.8. The van der Waals surface area contributed by atoms with Gasteiger partial charge in [-0.05, 0) is 60.4 Å². The summed E-state index contributed by atoms with van der Waals surface area (Å²) in [6.07, 6.45) is 2.05. The lowest BCUT2D eigenvalue weighted by atomic mass is 9.84. The molecule has 36 heavy (non-hydrogen) atoms. The molecule has 6 heteroatoms. The van der Waals surface area contributed by atoms with E-state index in [1.54, 1.807) is 0 Å². The van der Waals surface area contributed by atoms with E-state index in [-0.39, 0.29) is 22.6 Å². The Balaban J connectivity index is 1.25. The van der Waals surface area contributed by atoms with E-state index in [0.29, 0.717) is 25.7 Å². The minimum Gasteiger partial charge on any atom is -0.348 e. The second-order valence-corrected chi connectivity index (χ2v) is 11.0. The van der Waals surface area contributed by atoms with Gasteiger partial charge in [-0.25, -0.2) is 0 Å². The van der Waals surface area contributed by atoms with E-state index in [9.17, 15) is 9.59 Å². The van der Waals surface area contributed by atoms with E-state index in [1.165, 1.54) is 0 Å². The van der Waals surface area contributed by atoms with Crippen molar-refractivity contribution >= 4 is 34.6 Å². The number of hydrogen-bond donors (Lipinski definition) is 2. The van der Waals surface area contributed by atoms with E-state index in [2.05, 4.69) is 61.3 Å². The molecule has 0 aromatic heterocycles. The summed E-state index contributed by atoms with van der Waals surface area (Å²) in [5.41, 5.74) is 7.90. The highest BCUT2D eigenvalue weighted by Gasteiger charge is 2.38. The van der Waals surface area contributed by atoms with Crippen LogP contribution in [-0.2, 0) is 20.4 Å². The number of nitrogens with one attached hydrogen (secondary N) is 2. The third-order valence-electron chi connectivity index (χ3n) is 7.94. The summed E-state index contributed by atoms with van der Waals surface area (Å²) >= 11 is 0. The zero-order valence-electron chi connectivity index (χ0n) is 22.4. The van der Waals surface area contributed by atoms with Crippen molar-refractivity contribution in [1.29, 1.82) is 0 Å². The predicted octanol–water partition coefficient (Wildman–Crippen LogP) is 6.31. The van der Waals surface area contributed by atoms with Crippen molar-refractivity contribution in [3.8, 4) is 0 Å². The smallest absolute Gasteiger partial charge is 0.224 e. The van der Waals surface area contributed by atoms with E-state index in [1.807, 2.05) is 50.5 Å². The average Bonchev–Trinajstić information content (AvgIpc) is 3.11. The molecule has 0 aliphatic carbocycles. The number of unbranched alkanes of at least 4 members (excludes halogenated alkanes) is 1. The standard InChI is InChI=1S/C30H38N4O2/c1-19-29(3,4)23-17-21(13-15-25(23)33(19)7)31-27(35)11-9-10-12-28(36)32-22-14-16-26-24(18-22)30(5,6)20(2)34(26)8/h13-18H,1-2,9-12H2,3-8H3,(H,31,35)(H,32,36). The van der Waals surface area contributed by atoms with Crippen molar-refractivity contribution < 1.29 is 9.59 Å². The van der Waals surface area contributed by atoms with Gasteiger partial charge in [-0.3, -0.25) is 9.59 Å². The average molecular weight is 487 g/mol. The summed E-state index contributed by atoms with van der Waals surface area (Å²) < 4.78 is 0. The molecule has 0 radical (unpaired) electrons. The lowest BCUT2D eigenvalue weighted by Gasteiger charge is -2.22. The normalized spacial score (nSPS) is 17.2. The lowest BCUT2D eigenvalue weighted by Crippen LogP contribution is -2.21. The van der Waals surface area contributed by atoms with Crippen LogP contribution in [0.15, 0.2) is 61.0 Å². The molecule has 2 aliphatic heterocycles. The lowest BCUT2D eigenvalue weighted by molar-refractivity contribution is -0.118. The van der Waals surface area contributed by atoms with E-state index >= 15 is 0 Å². The largest absolute Gasteiger partial charge is 0.348 e. The second-order valence-electron chi connectivity index (χ2n) is 11.0. The van der Waals surface area contributed by atoms with Crippen molar-refractivity contribution in [2.75, 3.05) is 34.5 Å². The SMILES string of the molecule is C=C1N(C)c2ccc(NC(=O)CCCCC(=O)Nc3ccc4c(c3)C(C)(C)C(=C)N4C)cc2C1(C)C. The van der Waals surface area contributed by atoms with Gasteiger partial charge in [0.15, 0.2) is 0 Å². The minimum atomic E-state index is -0.170. The molecule has 0 unspecified atom stereocenters. The quantitative estimate of drug-likeness (QED) is 0.451. The Morgan fingerprint density at radius 1 is 0.722 bits per heavy atom. The van der Waals surface area contributed by atoms with Crippen molar-refractivity contribution in [1.82, 2.24) is 0 Å². The summed E-state index contributed by atoms with van der Waals surface area (Å²) in [5, 5.41) is 6.01. The van der Waals surface area contributed by atoms with Crippen LogP contribution in [0, 0.1) is 0 Å². The molecule has 2 aromatic rings. The highest BCUT2D eigenvalue weighted by molar-refractivity contribution is 5.93. The summed E-state index contributed by atoms with van der Waals surface area (Å²) in [6, 6.07) is 12.0. The number of carbonyl (C=O) groups is 2. The van der Waals surface area contributed by atoms with Crippen molar-refractivity contribution in [3.63, 3.8) is 0 Å². The number of anilines is 4. The van der Waals surface area contributed by atoms with Gasteiger partial charge in [0.1, 0.15) is 0 Å². The van der Waals surface area contributed by atoms with Crippen LogP contribution in [0.2, 0.25) is 0 Å². The first kappa shape index (κ1) is 25.5. The molecule has 2 aromatic carbocycles. The van der Waals surface area contributed by atoms with Crippen LogP contribution in [0.4, 0.5) is 22.7 Å². The van der Waals surface area contributed by atoms with Crippen LogP contribution < -0.4 is 20.4 Å². The van der Waals surface area contributed by atoms with Crippen molar-refractivity contribution in [2.24, 2.45) is 0 Å². The zero-order valence-corrected chi connectivity index (χ0v) is 22.4. The summed E-state index contributed by atoms with van der Waals surface area (Å²) in [5.74, 6) is -0.0768. The number of carbonyl (C=O) groups excluding carboxylic acids is 2. The Morgan fingerprint density at radius 2 is 1.08 bits per heavy atom. The maximum Gasteiger partial charge on any atom is 0.224 e. The topological polar surface area (TPSA) is 64.7 Å². The van der Waals surface area contributed by atoms with E-state index in [4.69, 9.17) is 0 Å². The van der Waals surface area contributed by atoms with Crippen LogP contribution in [0.5, 0.6) is 0 Å². The Kier molecular flexibility index (Phi) is 6.50. The van der Waals surface area contributed by atoms with Crippen molar-refractivity contribution in [2.45, 2.75) is 64.2 Å². The van der Waals surface area contributed by atoms with Gasteiger partial charge in [0, 0.05) is 71.9 Å². The maximum absolute atomic E-state index is 12.5. The number of hydrogen-bond acceptors (Lipinski definition) is 4. The molecular formula is C30H38N4O2. The maximum atomic E-state index is 12.5. The molecule has 0 spiro atoms. The van der Waals surface area contributed by atoms with Gasteiger partial charge < -0.3 is 20.4 Å². The summed E-state index contributed by atoms with van der Waals surface area (Å²) in [4.78, 5) is 29.2. The van der Waals surface area contributed by atoms with Gasteiger partial charge in [0.05, 0.1) is 0 Å². The third-order valence-corrected chi connectivity index (χ3v) is 7.94. The summed E-state index contributed by atoms with van der Waals surface area (Å²) in [6.45, 7) is 17.0. The van der Waals surface area contributed by atoms with Crippen LogP contribution >= 0.6 is 0 Å². The molecular weight excluding hydrogens is 448 g/mol. The molecule has 0 fully saturated rings. The molecule has 2 N–H and O–H groups in total. The number of allylic oxidation sites excluding steroid dienone is 2. The van der Waals surface area contributed by atoms with Gasteiger partial charge in [-0.2, -0.15) is 0 Å². The highest BCUT2D eigenvalue weighted by atomic mass is 16.2. The monoisotopic (exact) mass is 486 g/mol. The number of amides is 2. The number of likely N-dealkylation sites (N-methyl/N-ethyl adjacent to an activating group) is 2. The van der Waals surface area contributed by atoms with Crippen molar-refractivity contribution in [3.05, 3.63) is 72.1 Å². The highest BCUT2D eigenvalue weighted by Crippen LogP contribution is 2.48. The number of nitrogens with zero attached hydrogens (tertiary/aromatic N) is 2. The molecule has 4 rings (SSSR count). The Bertz CT molecular complexity index is 1160. The number of fused-ring (bicyclic) bond motifs is 2. The van der Waals surface area contributed by atoms with Crippen LogP contribution in [-0.4, -0.2) is 25.9 Å². The molecule has 0 saturated carbocycles. The Labute approximate surface area is 215 Å².